The second-order valence-corrected chi connectivity index (χ2v) is 7.70. The molecular weight excluding hydrogens is 398 g/mol. The van der Waals surface area contributed by atoms with Crippen LogP contribution in [0.2, 0.25) is 0 Å². The second kappa shape index (κ2) is 7.23. The Morgan fingerprint density at radius 2 is 1.55 bits per heavy atom. The molecule has 158 valence electrons. The highest BCUT2D eigenvalue weighted by atomic mass is 16.5. The molecular formula is C23H21N3O5. The lowest BCUT2D eigenvalue weighted by Crippen LogP contribution is -2.30. The molecule has 0 saturated heterocycles. The van der Waals surface area contributed by atoms with Crippen LogP contribution in [0.25, 0.3) is 10.9 Å². The van der Waals surface area contributed by atoms with E-state index in [9.17, 15) is 14.4 Å². The Kier molecular flexibility index (Phi) is 4.50. The van der Waals surface area contributed by atoms with Gasteiger partial charge in [0.05, 0.1) is 41.9 Å². The van der Waals surface area contributed by atoms with Crippen molar-refractivity contribution in [1.29, 1.82) is 0 Å². The number of hydrogen-bond donors (Lipinski definition) is 0. The summed E-state index contributed by atoms with van der Waals surface area (Å²) in [5.74, 6) is 0.592. The molecule has 2 amide bonds. The average molecular weight is 419 g/mol. The van der Waals surface area contributed by atoms with Gasteiger partial charge in [-0.15, -0.1) is 0 Å². The molecule has 0 unspecified atom stereocenters. The Bertz CT molecular complexity index is 1270. The molecule has 0 radical (unpaired) electrons. The summed E-state index contributed by atoms with van der Waals surface area (Å²) in [6.07, 6.45) is 3.78. The lowest BCUT2D eigenvalue weighted by Gasteiger charge is -2.15. The quantitative estimate of drug-likeness (QED) is 0.607. The van der Waals surface area contributed by atoms with Crippen molar-refractivity contribution >= 4 is 28.4 Å². The summed E-state index contributed by atoms with van der Waals surface area (Å²) in [5, 5.41) is 0.398. The number of hydrogen-bond acceptors (Lipinski definition) is 6. The molecule has 2 aliphatic rings. The zero-order valence-electron chi connectivity index (χ0n) is 17.3. The van der Waals surface area contributed by atoms with E-state index in [-0.39, 0.29) is 16.7 Å². The summed E-state index contributed by atoms with van der Waals surface area (Å²) >= 11 is 0. The van der Waals surface area contributed by atoms with Crippen LogP contribution in [0.1, 0.15) is 45.8 Å². The van der Waals surface area contributed by atoms with Crippen molar-refractivity contribution in [1.82, 2.24) is 9.55 Å². The minimum Gasteiger partial charge on any atom is -0.493 e. The minimum absolute atomic E-state index is 0.135. The third-order valence-corrected chi connectivity index (χ3v) is 5.95. The van der Waals surface area contributed by atoms with Crippen LogP contribution in [-0.4, -0.2) is 35.6 Å². The SMILES string of the molecule is COc1cc2c(cc1OC)C(=O)N(c1ccc3nc4n(c(=O)c3c1)CCCCC4)C2=O. The van der Waals surface area contributed by atoms with Crippen LogP contribution < -0.4 is 19.9 Å². The number of benzene rings is 2. The van der Waals surface area contributed by atoms with Crippen molar-refractivity contribution in [2.24, 2.45) is 0 Å². The summed E-state index contributed by atoms with van der Waals surface area (Å²) < 4.78 is 12.2. The highest BCUT2D eigenvalue weighted by Gasteiger charge is 2.38. The first-order chi connectivity index (χ1) is 15.0. The normalized spacial score (nSPS) is 15.6. The van der Waals surface area contributed by atoms with E-state index in [1.54, 1.807) is 22.8 Å². The summed E-state index contributed by atoms with van der Waals surface area (Å²) in [6, 6.07) is 7.94. The van der Waals surface area contributed by atoms with Crippen molar-refractivity contribution in [2.75, 3.05) is 19.1 Å². The number of aryl methyl sites for hydroxylation is 1. The number of imide groups is 1. The van der Waals surface area contributed by atoms with Crippen molar-refractivity contribution < 1.29 is 19.1 Å². The molecule has 0 bridgehead atoms. The van der Waals surface area contributed by atoms with E-state index in [4.69, 9.17) is 9.47 Å². The lowest BCUT2D eigenvalue weighted by molar-refractivity contribution is 0.0926. The van der Waals surface area contributed by atoms with Gasteiger partial charge in [-0.05, 0) is 43.2 Å². The number of ether oxygens (including phenoxy) is 2. The Balaban J connectivity index is 1.62. The number of carbonyl (C=O) groups is 2. The van der Waals surface area contributed by atoms with Gasteiger partial charge in [0.15, 0.2) is 11.5 Å². The fourth-order valence-corrected chi connectivity index (χ4v) is 4.35. The molecule has 3 aromatic rings. The number of amides is 2. The highest BCUT2D eigenvalue weighted by molar-refractivity contribution is 6.34. The topological polar surface area (TPSA) is 90.7 Å². The third kappa shape index (κ3) is 2.90. The molecule has 0 aliphatic carbocycles. The van der Waals surface area contributed by atoms with E-state index in [2.05, 4.69) is 4.98 Å². The Hall–Kier alpha value is -3.68. The van der Waals surface area contributed by atoms with Gasteiger partial charge in [-0.1, -0.05) is 6.42 Å². The third-order valence-electron chi connectivity index (χ3n) is 5.95. The van der Waals surface area contributed by atoms with E-state index in [0.717, 1.165) is 36.4 Å². The standard InChI is InChI=1S/C23H21N3O5/c1-30-18-11-14-15(12-19(18)31-2)23(29)26(22(14)28)13-7-8-17-16(10-13)21(27)25-9-5-3-4-6-20(25)24-17/h7-8,10-12H,3-6,9H2,1-2H3. The molecule has 0 spiro atoms. The predicted octanol–water partition coefficient (Wildman–Crippen LogP) is 2.94. The van der Waals surface area contributed by atoms with Crippen LogP contribution in [-0.2, 0) is 13.0 Å². The molecule has 1 aromatic heterocycles. The zero-order chi connectivity index (χ0) is 21.7. The van der Waals surface area contributed by atoms with Gasteiger partial charge in [0.2, 0.25) is 0 Å². The number of fused-ring (bicyclic) bond motifs is 3. The molecule has 0 saturated carbocycles. The van der Waals surface area contributed by atoms with Crippen LogP contribution in [0.4, 0.5) is 5.69 Å². The number of rotatable bonds is 3. The van der Waals surface area contributed by atoms with E-state index in [1.807, 2.05) is 0 Å². The van der Waals surface area contributed by atoms with Crippen LogP contribution in [0.5, 0.6) is 11.5 Å². The molecule has 3 heterocycles. The van der Waals surface area contributed by atoms with Gasteiger partial charge in [-0.25, -0.2) is 9.88 Å². The summed E-state index contributed by atoms with van der Waals surface area (Å²) in [4.78, 5) is 45.1. The molecule has 2 aliphatic heterocycles. The van der Waals surface area contributed by atoms with E-state index in [0.29, 0.717) is 34.6 Å². The summed E-state index contributed by atoms with van der Waals surface area (Å²) in [5.41, 5.74) is 1.24. The van der Waals surface area contributed by atoms with Crippen LogP contribution in [0.3, 0.4) is 0 Å². The number of anilines is 1. The van der Waals surface area contributed by atoms with Crippen molar-refractivity contribution in [3.05, 3.63) is 57.6 Å². The van der Waals surface area contributed by atoms with Gasteiger partial charge in [0.1, 0.15) is 5.82 Å². The van der Waals surface area contributed by atoms with E-state index in [1.165, 1.54) is 26.4 Å². The molecule has 0 fully saturated rings. The molecule has 0 N–H and O–H groups in total. The first-order valence-corrected chi connectivity index (χ1v) is 10.2. The molecule has 5 rings (SSSR count). The van der Waals surface area contributed by atoms with Gasteiger partial charge < -0.3 is 9.47 Å². The predicted molar refractivity (Wildman–Crippen MR) is 114 cm³/mol. The summed E-state index contributed by atoms with van der Waals surface area (Å²) in [7, 11) is 2.94. The van der Waals surface area contributed by atoms with Gasteiger partial charge in [0, 0.05) is 13.0 Å². The van der Waals surface area contributed by atoms with Crippen molar-refractivity contribution in [3.8, 4) is 11.5 Å². The number of methoxy groups -OCH3 is 2. The fourth-order valence-electron chi connectivity index (χ4n) is 4.35. The summed E-state index contributed by atoms with van der Waals surface area (Å²) in [6.45, 7) is 0.633. The Labute approximate surface area is 178 Å². The van der Waals surface area contributed by atoms with Crippen LogP contribution in [0, 0.1) is 0 Å². The average Bonchev–Trinajstić information content (AvgIpc) is 2.93. The number of nitrogens with zero attached hydrogens (tertiary/aromatic N) is 3. The molecule has 8 nitrogen and oxygen atoms in total. The minimum atomic E-state index is -0.469. The Morgan fingerprint density at radius 3 is 2.19 bits per heavy atom. The van der Waals surface area contributed by atoms with Crippen molar-refractivity contribution in [2.45, 2.75) is 32.2 Å². The number of carbonyl (C=O) groups excluding carboxylic acids is 2. The van der Waals surface area contributed by atoms with Crippen molar-refractivity contribution in [3.63, 3.8) is 0 Å². The lowest BCUT2D eigenvalue weighted by atomic mass is 10.1. The van der Waals surface area contributed by atoms with Gasteiger partial charge in [0.25, 0.3) is 17.4 Å². The van der Waals surface area contributed by atoms with Gasteiger partial charge >= 0.3 is 0 Å². The maximum atomic E-state index is 13.1. The molecule has 31 heavy (non-hydrogen) atoms. The van der Waals surface area contributed by atoms with E-state index >= 15 is 0 Å². The number of aromatic nitrogens is 2. The highest BCUT2D eigenvalue weighted by Crippen LogP contribution is 2.37. The van der Waals surface area contributed by atoms with E-state index < -0.39 is 11.8 Å². The fraction of sp³-hybridized carbons (Fsp3) is 0.304. The Morgan fingerprint density at radius 1 is 0.871 bits per heavy atom. The maximum Gasteiger partial charge on any atom is 0.266 e. The molecule has 8 heteroatoms. The maximum absolute atomic E-state index is 13.1. The first kappa shape index (κ1) is 19.3. The molecule has 0 atom stereocenters. The van der Waals surface area contributed by atoms with Gasteiger partial charge in [-0.2, -0.15) is 0 Å². The van der Waals surface area contributed by atoms with Crippen LogP contribution in [0.15, 0.2) is 35.1 Å². The zero-order valence-corrected chi connectivity index (χ0v) is 17.3. The first-order valence-electron chi connectivity index (χ1n) is 10.2. The monoisotopic (exact) mass is 419 g/mol. The van der Waals surface area contributed by atoms with Crippen LogP contribution >= 0.6 is 0 Å². The largest absolute Gasteiger partial charge is 0.493 e. The molecule has 2 aromatic carbocycles. The second-order valence-electron chi connectivity index (χ2n) is 7.70. The smallest absolute Gasteiger partial charge is 0.266 e. The van der Waals surface area contributed by atoms with Gasteiger partial charge in [-0.3, -0.25) is 19.0 Å².